The molecule has 0 aliphatic carbocycles. The van der Waals surface area contributed by atoms with Crippen molar-refractivity contribution in [3.8, 4) is 0 Å². The SMILES string of the molecule is CCN1CCC(CC2CNC(C)C2)C1. The molecule has 2 saturated heterocycles. The van der Waals surface area contributed by atoms with Gasteiger partial charge in [-0.1, -0.05) is 6.92 Å². The van der Waals surface area contributed by atoms with E-state index < -0.39 is 0 Å². The Bertz CT molecular complexity index is 181. The fourth-order valence-electron chi connectivity index (χ4n) is 3.08. The molecule has 0 saturated carbocycles. The molecule has 0 aromatic heterocycles. The summed E-state index contributed by atoms with van der Waals surface area (Å²) in [4.78, 5) is 2.59. The monoisotopic (exact) mass is 196 g/mol. The minimum atomic E-state index is 0.767. The molecule has 0 aromatic rings. The molecule has 0 amide bonds. The van der Waals surface area contributed by atoms with Crippen molar-refractivity contribution in [3.05, 3.63) is 0 Å². The number of nitrogens with zero attached hydrogens (tertiary/aromatic N) is 1. The summed E-state index contributed by atoms with van der Waals surface area (Å²) in [6.07, 6.45) is 4.31. The molecule has 0 spiro atoms. The lowest BCUT2D eigenvalue weighted by Gasteiger charge is -2.16. The van der Waals surface area contributed by atoms with Crippen molar-refractivity contribution in [3.63, 3.8) is 0 Å². The van der Waals surface area contributed by atoms with Crippen LogP contribution in [0.1, 0.15) is 33.1 Å². The molecule has 0 radical (unpaired) electrons. The van der Waals surface area contributed by atoms with Gasteiger partial charge < -0.3 is 10.2 Å². The van der Waals surface area contributed by atoms with E-state index in [-0.39, 0.29) is 0 Å². The largest absolute Gasteiger partial charge is 0.314 e. The second kappa shape index (κ2) is 4.63. The maximum Gasteiger partial charge on any atom is 0.00419 e. The van der Waals surface area contributed by atoms with Gasteiger partial charge in [0.05, 0.1) is 0 Å². The third kappa shape index (κ3) is 2.48. The molecule has 2 fully saturated rings. The van der Waals surface area contributed by atoms with Crippen LogP contribution in [0.5, 0.6) is 0 Å². The van der Waals surface area contributed by atoms with Crippen LogP contribution in [0.2, 0.25) is 0 Å². The van der Waals surface area contributed by atoms with Crippen molar-refractivity contribution in [2.45, 2.75) is 39.2 Å². The minimum absolute atomic E-state index is 0.767. The summed E-state index contributed by atoms with van der Waals surface area (Å²) in [6.45, 7) is 9.81. The Balaban J connectivity index is 1.71. The van der Waals surface area contributed by atoms with Crippen LogP contribution in [0.4, 0.5) is 0 Å². The highest BCUT2D eigenvalue weighted by molar-refractivity contribution is 4.83. The predicted octanol–water partition coefficient (Wildman–Crippen LogP) is 1.72. The van der Waals surface area contributed by atoms with Crippen molar-refractivity contribution in [2.24, 2.45) is 11.8 Å². The Kier molecular flexibility index (Phi) is 3.45. The zero-order chi connectivity index (χ0) is 9.97. The van der Waals surface area contributed by atoms with Crippen LogP contribution >= 0.6 is 0 Å². The molecule has 2 aliphatic heterocycles. The van der Waals surface area contributed by atoms with E-state index in [1.165, 1.54) is 45.4 Å². The van der Waals surface area contributed by atoms with Crippen LogP contribution in [0.25, 0.3) is 0 Å². The minimum Gasteiger partial charge on any atom is -0.314 e. The number of hydrogen-bond acceptors (Lipinski definition) is 2. The van der Waals surface area contributed by atoms with E-state index in [4.69, 9.17) is 0 Å². The van der Waals surface area contributed by atoms with Crippen molar-refractivity contribution < 1.29 is 0 Å². The highest BCUT2D eigenvalue weighted by Gasteiger charge is 2.27. The molecule has 2 nitrogen and oxygen atoms in total. The lowest BCUT2D eigenvalue weighted by atomic mass is 9.92. The van der Waals surface area contributed by atoms with Gasteiger partial charge in [-0.05, 0) is 57.7 Å². The fourth-order valence-corrected chi connectivity index (χ4v) is 3.08. The molecular formula is C12H24N2. The first-order chi connectivity index (χ1) is 6.78. The molecule has 3 unspecified atom stereocenters. The van der Waals surface area contributed by atoms with Gasteiger partial charge in [-0.3, -0.25) is 0 Å². The maximum absolute atomic E-state index is 3.56. The third-order valence-electron chi connectivity index (χ3n) is 3.93. The molecule has 2 heteroatoms. The van der Waals surface area contributed by atoms with Crippen LogP contribution in [-0.4, -0.2) is 37.1 Å². The van der Waals surface area contributed by atoms with Crippen molar-refractivity contribution in [1.29, 1.82) is 0 Å². The van der Waals surface area contributed by atoms with Crippen LogP contribution in [0.15, 0.2) is 0 Å². The number of hydrogen-bond donors (Lipinski definition) is 1. The molecule has 0 aromatic carbocycles. The first-order valence-electron chi connectivity index (χ1n) is 6.23. The van der Waals surface area contributed by atoms with Gasteiger partial charge in [0.2, 0.25) is 0 Å². The number of nitrogens with one attached hydrogen (secondary N) is 1. The van der Waals surface area contributed by atoms with Gasteiger partial charge in [0, 0.05) is 12.6 Å². The number of likely N-dealkylation sites (tertiary alicyclic amines) is 1. The van der Waals surface area contributed by atoms with E-state index in [9.17, 15) is 0 Å². The zero-order valence-corrected chi connectivity index (χ0v) is 9.63. The smallest absolute Gasteiger partial charge is 0.00419 e. The van der Waals surface area contributed by atoms with Crippen molar-refractivity contribution in [2.75, 3.05) is 26.2 Å². The van der Waals surface area contributed by atoms with Crippen LogP contribution in [0, 0.1) is 11.8 Å². The lowest BCUT2D eigenvalue weighted by molar-refractivity contribution is 0.322. The van der Waals surface area contributed by atoms with Gasteiger partial charge in [-0.15, -0.1) is 0 Å². The first kappa shape index (κ1) is 10.4. The van der Waals surface area contributed by atoms with Gasteiger partial charge >= 0.3 is 0 Å². The van der Waals surface area contributed by atoms with Crippen LogP contribution in [-0.2, 0) is 0 Å². The summed E-state index contributed by atoms with van der Waals surface area (Å²) in [5, 5.41) is 3.56. The maximum atomic E-state index is 3.56. The standard InChI is InChI=1S/C12H24N2/c1-3-14-5-4-11(9-14)7-12-6-10(2)13-8-12/h10-13H,3-9H2,1-2H3. The molecular weight excluding hydrogens is 172 g/mol. The van der Waals surface area contributed by atoms with E-state index in [1.807, 2.05) is 0 Å². The van der Waals surface area contributed by atoms with Crippen LogP contribution < -0.4 is 5.32 Å². The molecule has 2 heterocycles. The summed E-state index contributed by atoms with van der Waals surface area (Å²) in [7, 11) is 0. The summed E-state index contributed by atoms with van der Waals surface area (Å²) in [6, 6.07) is 0.767. The molecule has 82 valence electrons. The van der Waals surface area contributed by atoms with E-state index in [2.05, 4.69) is 24.1 Å². The highest BCUT2D eigenvalue weighted by atomic mass is 15.1. The van der Waals surface area contributed by atoms with Gasteiger partial charge in [-0.25, -0.2) is 0 Å². The Morgan fingerprint density at radius 3 is 2.79 bits per heavy atom. The highest BCUT2D eigenvalue weighted by Crippen LogP contribution is 2.27. The topological polar surface area (TPSA) is 15.3 Å². The first-order valence-corrected chi connectivity index (χ1v) is 6.23. The fraction of sp³-hybridized carbons (Fsp3) is 1.00. The molecule has 2 rings (SSSR count). The van der Waals surface area contributed by atoms with Crippen molar-refractivity contribution >= 4 is 0 Å². The third-order valence-corrected chi connectivity index (χ3v) is 3.93. The van der Waals surface area contributed by atoms with E-state index in [0.29, 0.717) is 0 Å². The van der Waals surface area contributed by atoms with Gasteiger partial charge in [0.15, 0.2) is 0 Å². The number of rotatable bonds is 3. The normalized spacial score (nSPS) is 39.4. The summed E-state index contributed by atoms with van der Waals surface area (Å²) in [5.41, 5.74) is 0. The summed E-state index contributed by atoms with van der Waals surface area (Å²) < 4.78 is 0. The second-order valence-electron chi connectivity index (χ2n) is 5.19. The quantitative estimate of drug-likeness (QED) is 0.739. The second-order valence-corrected chi connectivity index (χ2v) is 5.19. The van der Waals surface area contributed by atoms with Crippen molar-refractivity contribution in [1.82, 2.24) is 10.2 Å². The zero-order valence-electron chi connectivity index (χ0n) is 9.63. The molecule has 0 bridgehead atoms. The predicted molar refractivity (Wildman–Crippen MR) is 60.4 cm³/mol. The molecule has 2 aliphatic rings. The van der Waals surface area contributed by atoms with Gasteiger partial charge in [0.25, 0.3) is 0 Å². The van der Waals surface area contributed by atoms with Gasteiger partial charge in [0.1, 0.15) is 0 Å². The average Bonchev–Trinajstić information content (AvgIpc) is 2.76. The van der Waals surface area contributed by atoms with Crippen LogP contribution in [0.3, 0.4) is 0 Å². The molecule has 1 N–H and O–H groups in total. The molecule has 3 atom stereocenters. The van der Waals surface area contributed by atoms with E-state index in [0.717, 1.165) is 17.9 Å². The van der Waals surface area contributed by atoms with Gasteiger partial charge in [-0.2, -0.15) is 0 Å². The Hall–Kier alpha value is -0.0800. The summed E-state index contributed by atoms with van der Waals surface area (Å²) in [5.74, 6) is 1.96. The Morgan fingerprint density at radius 1 is 1.36 bits per heavy atom. The van der Waals surface area contributed by atoms with E-state index in [1.54, 1.807) is 0 Å². The Morgan fingerprint density at radius 2 is 2.21 bits per heavy atom. The summed E-state index contributed by atoms with van der Waals surface area (Å²) >= 11 is 0. The Labute approximate surface area is 88.1 Å². The lowest BCUT2D eigenvalue weighted by Crippen LogP contribution is -2.21. The molecule has 14 heavy (non-hydrogen) atoms. The average molecular weight is 196 g/mol. The van der Waals surface area contributed by atoms with E-state index >= 15 is 0 Å².